The van der Waals surface area contributed by atoms with E-state index in [1.807, 2.05) is 6.92 Å². The number of hydrogen-bond donors (Lipinski definition) is 1. The molecular formula is C13H20N2O4S2. The van der Waals surface area contributed by atoms with Gasteiger partial charge in [-0.2, -0.15) is 4.31 Å². The molecule has 0 aliphatic carbocycles. The fourth-order valence-electron chi connectivity index (χ4n) is 2.52. The molecule has 0 spiro atoms. The zero-order chi connectivity index (χ0) is 15.8. The highest BCUT2D eigenvalue weighted by Crippen LogP contribution is 2.29. The second-order valence-electron chi connectivity index (χ2n) is 5.43. The van der Waals surface area contributed by atoms with Crippen LogP contribution in [0, 0.1) is 0 Å². The number of benzene rings is 1. The van der Waals surface area contributed by atoms with Crippen LogP contribution in [-0.2, 0) is 19.9 Å². The highest BCUT2D eigenvalue weighted by Gasteiger charge is 2.32. The lowest BCUT2D eigenvalue weighted by atomic mass is 10.1. The summed E-state index contributed by atoms with van der Waals surface area (Å²) >= 11 is 0. The topological polar surface area (TPSA) is 97.5 Å². The maximum Gasteiger partial charge on any atom is 0.245 e. The Bertz CT molecular complexity index is 741. The van der Waals surface area contributed by atoms with Crippen LogP contribution in [0.3, 0.4) is 0 Å². The van der Waals surface area contributed by atoms with Gasteiger partial charge in [0.15, 0.2) is 9.84 Å². The van der Waals surface area contributed by atoms with Gasteiger partial charge in [-0.05, 0) is 38.0 Å². The van der Waals surface area contributed by atoms with Crippen molar-refractivity contribution < 1.29 is 16.8 Å². The number of nitrogens with zero attached hydrogens (tertiary/aromatic N) is 1. The van der Waals surface area contributed by atoms with Gasteiger partial charge >= 0.3 is 0 Å². The molecule has 0 amide bonds. The van der Waals surface area contributed by atoms with Gasteiger partial charge in [0, 0.05) is 18.8 Å². The smallest absolute Gasteiger partial charge is 0.245 e. The number of nitrogens with two attached hydrogens (primary N) is 1. The van der Waals surface area contributed by atoms with E-state index in [1.165, 1.54) is 16.4 Å². The van der Waals surface area contributed by atoms with Crippen LogP contribution in [0.4, 0.5) is 5.69 Å². The van der Waals surface area contributed by atoms with Gasteiger partial charge in [0.25, 0.3) is 0 Å². The third kappa shape index (κ3) is 3.22. The molecule has 2 rings (SSSR count). The maximum absolute atomic E-state index is 12.7. The number of hydrogen-bond acceptors (Lipinski definition) is 5. The number of piperidine rings is 1. The molecule has 8 heteroatoms. The number of sulfonamides is 1. The highest BCUT2D eigenvalue weighted by atomic mass is 32.2. The fraction of sp³-hybridized carbons (Fsp3) is 0.538. The summed E-state index contributed by atoms with van der Waals surface area (Å²) in [6.07, 6.45) is 3.63. The van der Waals surface area contributed by atoms with E-state index in [1.54, 1.807) is 0 Å². The minimum Gasteiger partial charge on any atom is -0.398 e. The Kier molecular flexibility index (Phi) is 4.32. The summed E-state index contributed by atoms with van der Waals surface area (Å²) in [5, 5.41) is 0. The van der Waals surface area contributed by atoms with E-state index >= 15 is 0 Å². The quantitative estimate of drug-likeness (QED) is 0.840. The van der Waals surface area contributed by atoms with Crippen LogP contribution in [0.15, 0.2) is 28.0 Å². The number of sulfone groups is 1. The fourth-order valence-corrected chi connectivity index (χ4v) is 5.09. The average Bonchev–Trinajstić information content (AvgIpc) is 2.37. The van der Waals surface area contributed by atoms with E-state index in [9.17, 15) is 16.8 Å². The minimum absolute atomic E-state index is 0.0417. The van der Waals surface area contributed by atoms with Crippen molar-refractivity contribution in [3.8, 4) is 0 Å². The summed E-state index contributed by atoms with van der Waals surface area (Å²) in [5.74, 6) is 0. The Morgan fingerprint density at radius 1 is 1.19 bits per heavy atom. The van der Waals surface area contributed by atoms with Gasteiger partial charge in [0.1, 0.15) is 4.90 Å². The van der Waals surface area contributed by atoms with Crippen molar-refractivity contribution >= 4 is 25.5 Å². The van der Waals surface area contributed by atoms with Gasteiger partial charge in [0.05, 0.1) is 10.6 Å². The Hall–Kier alpha value is -1.12. The van der Waals surface area contributed by atoms with Gasteiger partial charge in [-0.15, -0.1) is 0 Å². The third-order valence-electron chi connectivity index (χ3n) is 3.74. The van der Waals surface area contributed by atoms with Crippen LogP contribution in [0.2, 0.25) is 0 Å². The summed E-state index contributed by atoms with van der Waals surface area (Å²) in [6.45, 7) is 2.29. The minimum atomic E-state index is -3.78. The van der Waals surface area contributed by atoms with Crippen LogP contribution < -0.4 is 5.73 Å². The Labute approximate surface area is 125 Å². The van der Waals surface area contributed by atoms with Crippen molar-refractivity contribution in [2.45, 2.75) is 42.0 Å². The zero-order valence-electron chi connectivity index (χ0n) is 12.1. The Morgan fingerprint density at radius 3 is 2.43 bits per heavy atom. The molecule has 0 saturated carbocycles. The summed E-state index contributed by atoms with van der Waals surface area (Å²) in [4.78, 5) is -0.167. The zero-order valence-corrected chi connectivity index (χ0v) is 13.7. The first kappa shape index (κ1) is 16.3. The van der Waals surface area contributed by atoms with E-state index in [4.69, 9.17) is 5.73 Å². The van der Waals surface area contributed by atoms with Gasteiger partial charge in [-0.1, -0.05) is 6.42 Å². The summed E-state index contributed by atoms with van der Waals surface area (Å²) in [6, 6.07) is 3.70. The van der Waals surface area contributed by atoms with Crippen molar-refractivity contribution in [2.75, 3.05) is 18.5 Å². The van der Waals surface area contributed by atoms with Crippen LogP contribution >= 0.6 is 0 Å². The van der Waals surface area contributed by atoms with Crippen molar-refractivity contribution in [2.24, 2.45) is 0 Å². The summed E-state index contributed by atoms with van der Waals surface area (Å²) < 4.78 is 50.1. The molecule has 0 bridgehead atoms. The predicted molar refractivity (Wildman–Crippen MR) is 81.2 cm³/mol. The molecule has 1 aliphatic rings. The van der Waals surface area contributed by atoms with Crippen molar-refractivity contribution in [3.63, 3.8) is 0 Å². The second kappa shape index (κ2) is 5.58. The molecule has 1 heterocycles. The highest BCUT2D eigenvalue weighted by molar-refractivity contribution is 7.91. The van der Waals surface area contributed by atoms with Crippen molar-refractivity contribution in [1.29, 1.82) is 0 Å². The standard InChI is InChI=1S/C13H20N2O4S2/c1-10-5-3-4-8-15(10)21(18,19)13-9-11(20(2,16)17)6-7-12(13)14/h6-7,9-10H,3-5,8,14H2,1-2H3. The third-order valence-corrected chi connectivity index (χ3v) is 6.92. The molecule has 1 aliphatic heterocycles. The van der Waals surface area contributed by atoms with E-state index in [0.717, 1.165) is 31.6 Å². The Balaban J connectivity index is 2.54. The first-order chi connectivity index (χ1) is 9.64. The molecule has 1 unspecified atom stereocenters. The van der Waals surface area contributed by atoms with Crippen LogP contribution in [0.1, 0.15) is 26.2 Å². The van der Waals surface area contributed by atoms with E-state index < -0.39 is 19.9 Å². The molecule has 1 saturated heterocycles. The molecular weight excluding hydrogens is 312 g/mol. The van der Waals surface area contributed by atoms with Gasteiger partial charge in [-0.25, -0.2) is 16.8 Å². The summed E-state index contributed by atoms with van der Waals surface area (Å²) in [7, 11) is -7.27. The van der Waals surface area contributed by atoms with Gasteiger partial charge < -0.3 is 5.73 Å². The molecule has 118 valence electrons. The van der Waals surface area contributed by atoms with Crippen molar-refractivity contribution in [1.82, 2.24) is 4.31 Å². The van der Waals surface area contributed by atoms with Crippen LogP contribution in [0.25, 0.3) is 0 Å². The average molecular weight is 332 g/mol. The van der Waals surface area contributed by atoms with Gasteiger partial charge in [0.2, 0.25) is 10.0 Å². The molecule has 0 radical (unpaired) electrons. The molecule has 1 aromatic rings. The van der Waals surface area contributed by atoms with E-state index in [2.05, 4.69) is 0 Å². The van der Waals surface area contributed by atoms with E-state index in [0.29, 0.717) is 6.54 Å². The molecule has 1 fully saturated rings. The number of nitrogen functional groups attached to an aromatic ring is 1. The van der Waals surface area contributed by atoms with Crippen molar-refractivity contribution in [3.05, 3.63) is 18.2 Å². The molecule has 1 atom stereocenters. The lowest BCUT2D eigenvalue weighted by Crippen LogP contribution is -2.42. The SMILES string of the molecule is CC1CCCCN1S(=O)(=O)c1cc(S(C)(=O)=O)ccc1N. The largest absolute Gasteiger partial charge is 0.398 e. The molecule has 1 aromatic carbocycles. The molecule has 0 aromatic heterocycles. The first-order valence-electron chi connectivity index (χ1n) is 6.75. The Morgan fingerprint density at radius 2 is 1.86 bits per heavy atom. The van der Waals surface area contributed by atoms with Gasteiger partial charge in [-0.3, -0.25) is 0 Å². The first-order valence-corrected chi connectivity index (χ1v) is 10.1. The van der Waals surface area contributed by atoms with Crippen LogP contribution in [-0.4, -0.2) is 40.0 Å². The van der Waals surface area contributed by atoms with E-state index in [-0.39, 0.29) is 21.5 Å². The molecule has 21 heavy (non-hydrogen) atoms. The normalized spacial score (nSPS) is 21.3. The predicted octanol–water partition coefficient (Wildman–Crippen LogP) is 1.24. The maximum atomic E-state index is 12.7. The summed E-state index contributed by atoms with van der Waals surface area (Å²) in [5.41, 5.74) is 5.84. The molecule has 6 nitrogen and oxygen atoms in total. The number of anilines is 1. The molecule has 2 N–H and O–H groups in total. The monoisotopic (exact) mass is 332 g/mol. The lowest BCUT2D eigenvalue weighted by Gasteiger charge is -2.32. The number of rotatable bonds is 3. The second-order valence-corrected chi connectivity index (χ2v) is 9.31. The lowest BCUT2D eigenvalue weighted by molar-refractivity contribution is 0.269. The van der Waals surface area contributed by atoms with Crippen LogP contribution in [0.5, 0.6) is 0 Å².